The van der Waals surface area contributed by atoms with E-state index in [4.69, 9.17) is 4.74 Å². The highest BCUT2D eigenvalue weighted by molar-refractivity contribution is 6.01. The summed E-state index contributed by atoms with van der Waals surface area (Å²) in [6, 6.07) is 8.34. The summed E-state index contributed by atoms with van der Waals surface area (Å²) in [6.07, 6.45) is 4.67. The molecule has 3 atom stereocenters. The monoisotopic (exact) mass is 413 g/mol. The fraction of sp³-hybridized carbons (Fsp3) is 0.609. The second kappa shape index (κ2) is 7.93. The molecule has 7 heteroatoms. The van der Waals surface area contributed by atoms with Crippen molar-refractivity contribution in [2.45, 2.75) is 88.9 Å². The van der Waals surface area contributed by atoms with Gasteiger partial charge < -0.3 is 15.0 Å². The first-order chi connectivity index (χ1) is 14.2. The molecule has 0 aliphatic carbocycles. The first-order valence-electron chi connectivity index (χ1n) is 10.9. The summed E-state index contributed by atoms with van der Waals surface area (Å²) in [4.78, 5) is 37.8. The molecule has 162 valence electrons. The van der Waals surface area contributed by atoms with Gasteiger partial charge in [-0.15, -0.1) is 0 Å². The minimum absolute atomic E-state index is 0.183. The van der Waals surface area contributed by atoms with Crippen molar-refractivity contribution in [1.82, 2.24) is 10.2 Å². The summed E-state index contributed by atoms with van der Waals surface area (Å²) in [7, 11) is 0. The normalized spacial score (nSPS) is 28.8. The summed E-state index contributed by atoms with van der Waals surface area (Å²) in [5, 5.41) is 5.59. The van der Waals surface area contributed by atoms with Gasteiger partial charge in [-0.05, 0) is 76.5 Å². The lowest BCUT2D eigenvalue weighted by atomic mass is 9.85. The number of amides is 3. The Kier molecular flexibility index (Phi) is 5.47. The average Bonchev–Trinajstić information content (AvgIpc) is 2.93. The average molecular weight is 414 g/mol. The van der Waals surface area contributed by atoms with Gasteiger partial charge in [0.25, 0.3) is 0 Å². The third-order valence-corrected chi connectivity index (χ3v) is 6.30. The lowest BCUT2D eigenvalue weighted by Crippen LogP contribution is -2.48. The Morgan fingerprint density at radius 2 is 1.70 bits per heavy atom. The smallest absolute Gasteiger partial charge is 0.410 e. The fourth-order valence-electron chi connectivity index (χ4n) is 4.95. The number of anilines is 1. The predicted octanol–water partition coefficient (Wildman–Crippen LogP) is 3.55. The van der Waals surface area contributed by atoms with Crippen LogP contribution in [0.25, 0.3) is 0 Å². The number of rotatable bonds is 3. The maximum absolute atomic E-state index is 12.6. The van der Waals surface area contributed by atoms with Crippen LogP contribution in [-0.4, -0.2) is 46.5 Å². The first kappa shape index (κ1) is 20.7. The van der Waals surface area contributed by atoms with Crippen LogP contribution in [0.3, 0.4) is 0 Å². The van der Waals surface area contributed by atoms with E-state index in [1.54, 1.807) is 0 Å². The highest BCUT2D eigenvalue weighted by Crippen LogP contribution is 2.43. The quantitative estimate of drug-likeness (QED) is 0.740. The molecule has 0 aromatic heterocycles. The standard InChI is InChI=1S/C23H31N3O4/c1-23(2,3)30-22(29)26-17-8-9-18(26)13-15(12-17)14-4-6-16(7-5-14)24-19-10-11-20(27)25-21(19)28/h4-7,15,17-19,24H,8-13H2,1-3H3,(H,25,27,28). The molecule has 2 N–H and O–H groups in total. The summed E-state index contributed by atoms with van der Waals surface area (Å²) in [5.74, 6) is -0.0481. The SMILES string of the molecule is CC(C)(C)OC(=O)N1C2CCC1CC(c1ccc(NC3CCC(=O)NC3=O)cc1)C2. The van der Waals surface area contributed by atoms with E-state index in [0.717, 1.165) is 31.4 Å². The molecule has 3 aliphatic heterocycles. The first-order valence-corrected chi connectivity index (χ1v) is 10.9. The van der Waals surface area contributed by atoms with Crippen LogP contribution >= 0.6 is 0 Å². The third-order valence-electron chi connectivity index (χ3n) is 6.30. The maximum Gasteiger partial charge on any atom is 0.410 e. The molecule has 30 heavy (non-hydrogen) atoms. The Morgan fingerprint density at radius 3 is 2.27 bits per heavy atom. The van der Waals surface area contributed by atoms with Crippen molar-refractivity contribution < 1.29 is 19.1 Å². The van der Waals surface area contributed by atoms with Gasteiger partial charge in [0.05, 0.1) is 0 Å². The molecule has 7 nitrogen and oxygen atoms in total. The molecule has 3 saturated heterocycles. The van der Waals surface area contributed by atoms with Crippen molar-refractivity contribution in [3.8, 4) is 0 Å². The zero-order chi connectivity index (χ0) is 21.5. The molecule has 1 aromatic rings. The van der Waals surface area contributed by atoms with Crippen LogP contribution in [0.4, 0.5) is 10.5 Å². The molecule has 1 aromatic carbocycles. The van der Waals surface area contributed by atoms with Crippen LogP contribution in [0, 0.1) is 0 Å². The van der Waals surface area contributed by atoms with Crippen molar-refractivity contribution in [1.29, 1.82) is 0 Å². The third kappa shape index (κ3) is 4.45. The number of nitrogens with zero attached hydrogens (tertiary/aromatic N) is 1. The van der Waals surface area contributed by atoms with Gasteiger partial charge >= 0.3 is 6.09 Å². The van der Waals surface area contributed by atoms with E-state index < -0.39 is 5.60 Å². The fourth-order valence-corrected chi connectivity index (χ4v) is 4.95. The Bertz CT molecular complexity index is 816. The second-order valence-corrected chi connectivity index (χ2v) is 9.71. The van der Waals surface area contributed by atoms with E-state index >= 15 is 0 Å². The summed E-state index contributed by atoms with van der Waals surface area (Å²) >= 11 is 0. The van der Waals surface area contributed by atoms with Crippen LogP contribution in [0.2, 0.25) is 0 Å². The zero-order valence-electron chi connectivity index (χ0n) is 17.9. The minimum atomic E-state index is -0.473. The number of carbonyl (C=O) groups is 3. The number of nitrogens with one attached hydrogen (secondary N) is 2. The van der Waals surface area contributed by atoms with Crippen molar-refractivity contribution in [3.63, 3.8) is 0 Å². The highest BCUT2D eigenvalue weighted by Gasteiger charge is 2.45. The molecule has 3 aliphatic rings. The largest absolute Gasteiger partial charge is 0.444 e. The second-order valence-electron chi connectivity index (χ2n) is 9.71. The van der Waals surface area contributed by atoms with E-state index in [0.29, 0.717) is 18.8 Å². The molecule has 3 amide bonds. The predicted molar refractivity (Wildman–Crippen MR) is 113 cm³/mol. The van der Waals surface area contributed by atoms with E-state index in [9.17, 15) is 14.4 Å². The van der Waals surface area contributed by atoms with Crippen LogP contribution in [0.5, 0.6) is 0 Å². The number of ether oxygens (including phenoxy) is 1. The number of hydrogen-bond acceptors (Lipinski definition) is 5. The van der Waals surface area contributed by atoms with Gasteiger partial charge in [-0.25, -0.2) is 4.79 Å². The van der Waals surface area contributed by atoms with Crippen LogP contribution < -0.4 is 10.6 Å². The van der Waals surface area contributed by atoms with Crippen molar-refractivity contribution >= 4 is 23.6 Å². The summed E-state index contributed by atoms with van der Waals surface area (Å²) < 4.78 is 5.63. The number of imide groups is 1. The number of hydrogen-bond donors (Lipinski definition) is 2. The van der Waals surface area contributed by atoms with Crippen molar-refractivity contribution in [2.24, 2.45) is 0 Å². The molecule has 0 radical (unpaired) electrons. The van der Waals surface area contributed by atoms with E-state index in [-0.39, 0.29) is 36.0 Å². The Morgan fingerprint density at radius 1 is 1.07 bits per heavy atom. The molecular weight excluding hydrogens is 382 g/mol. The van der Waals surface area contributed by atoms with Crippen molar-refractivity contribution in [3.05, 3.63) is 29.8 Å². The highest BCUT2D eigenvalue weighted by atomic mass is 16.6. The lowest BCUT2D eigenvalue weighted by Gasteiger charge is -2.39. The number of fused-ring (bicyclic) bond motifs is 2. The molecular formula is C23H31N3O4. The van der Waals surface area contributed by atoms with Gasteiger partial charge in [-0.1, -0.05) is 12.1 Å². The van der Waals surface area contributed by atoms with Crippen LogP contribution in [0.1, 0.15) is 70.8 Å². The Labute approximate surface area is 177 Å². The van der Waals surface area contributed by atoms with Gasteiger partial charge in [0.2, 0.25) is 11.8 Å². The summed E-state index contributed by atoms with van der Waals surface area (Å²) in [6.45, 7) is 5.72. The van der Waals surface area contributed by atoms with Crippen LogP contribution in [-0.2, 0) is 14.3 Å². The van der Waals surface area contributed by atoms with Gasteiger partial charge in [0, 0.05) is 24.2 Å². The Balaban J connectivity index is 1.37. The molecule has 3 heterocycles. The minimum Gasteiger partial charge on any atom is -0.444 e. The molecule has 2 bridgehead atoms. The lowest BCUT2D eigenvalue weighted by molar-refractivity contribution is -0.133. The van der Waals surface area contributed by atoms with Gasteiger partial charge in [0.15, 0.2) is 0 Å². The number of piperidine rings is 2. The molecule has 0 spiro atoms. The topological polar surface area (TPSA) is 87.7 Å². The molecule has 3 fully saturated rings. The van der Waals surface area contributed by atoms with E-state index in [1.807, 2.05) is 37.8 Å². The molecule has 0 saturated carbocycles. The van der Waals surface area contributed by atoms with Gasteiger partial charge in [0.1, 0.15) is 11.6 Å². The van der Waals surface area contributed by atoms with E-state index in [2.05, 4.69) is 22.8 Å². The maximum atomic E-state index is 12.6. The van der Waals surface area contributed by atoms with Crippen molar-refractivity contribution in [2.75, 3.05) is 5.32 Å². The molecule has 3 unspecified atom stereocenters. The molecule has 4 rings (SSSR count). The van der Waals surface area contributed by atoms with Gasteiger partial charge in [-0.2, -0.15) is 0 Å². The van der Waals surface area contributed by atoms with Crippen LogP contribution in [0.15, 0.2) is 24.3 Å². The summed E-state index contributed by atoms with van der Waals surface area (Å²) in [5.41, 5.74) is 1.67. The number of carbonyl (C=O) groups excluding carboxylic acids is 3. The zero-order valence-corrected chi connectivity index (χ0v) is 17.9. The van der Waals surface area contributed by atoms with E-state index in [1.165, 1.54) is 5.56 Å². The van der Waals surface area contributed by atoms with Gasteiger partial charge in [-0.3, -0.25) is 14.9 Å². The Hall–Kier alpha value is -2.57. The number of benzene rings is 1.